The Morgan fingerprint density at radius 1 is 1.07 bits per heavy atom. The summed E-state index contributed by atoms with van der Waals surface area (Å²) in [5.41, 5.74) is 1.65. The van der Waals surface area contributed by atoms with Crippen LogP contribution in [0.15, 0.2) is 58.4 Å². The van der Waals surface area contributed by atoms with Crippen LogP contribution in [0.2, 0.25) is 0 Å². The van der Waals surface area contributed by atoms with Crippen molar-refractivity contribution in [2.75, 3.05) is 13.2 Å². The lowest BCUT2D eigenvalue weighted by molar-refractivity contribution is -0.146. The van der Waals surface area contributed by atoms with Gasteiger partial charge in [0.2, 0.25) is 5.78 Å². The van der Waals surface area contributed by atoms with Crippen LogP contribution in [0, 0.1) is 31.1 Å². The van der Waals surface area contributed by atoms with E-state index in [4.69, 9.17) is 4.74 Å². The number of allylic oxidation sites excluding steroid dienone is 5. The highest BCUT2D eigenvalue weighted by Gasteiger charge is 2.33. The van der Waals surface area contributed by atoms with Crippen molar-refractivity contribution in [3.63, 3.8) is 0 Å². The quantitative estimate of drug-likeness (QED) is 0.0977. The molecule has 6 atom stereocenters. The number of carbonyl (C=O) groups is 4. The molecule has 1 amide bonds. The van der Waals surface area contributed by atoms with Gasteiger partial charge >= 0.3 is 5.97 Å². The first-order valence-corrected chi connectivity index (χ1v) is 15.8. The summed E-state index contributed by atoms with van der Waals surface area (Å²) in [6, 6.07) is 0. The Hall–Kier alpha value is -3.14. The number of Topliss-reactive ketones (excluding diaryl/α,β-unsaturated/α-hetero) is 1. The fraction of sp³-hybridized carbons (Fsp3) is 0.583. The van der Waals surface area contributed by atoms with Crippen LogP contribution in [-0.4, -0.2) is 64.2 Å². The molecule has 0 radical (unpaired) electrons. The maximum absolute atomic E-state index is 13.7. The summed E-state index contributed by atoms with van der Waals surface area (Å²) in [5.74, 6) is -3.56. The molecule has 45 heavy (non-hydrogen) atoms. The first-order chi connectivity index (χ1) is 20.8. The minimum absolute atomic E-state index is 0. The van der Waals surface area contributed by atoms with Gasteiger partial charge in [-0.2, -0.15) is 0 Å². The third-order valence-electron chi connectivity index (χ3n) is 8.43. The Kier molecular flexibility index (Phi) is 17.2. The van der Waals surface area contributed by atoms with E-state index in [9.17, 15) is 34.5 Å². The minimum Gasteiger partial charge on any atom is -0.457 e. The minimum atomic E-state index is -0.952. The van der Waals surface area contributed by atoms with Crippen LogP contribution in [0.5, 0.6) is 0 Å². The van der Waals surface area contributed by atoms with Crippen molar-refractivity contribution in [2.24, 2.45) is 23.7 Å². The van der Waals surface area contributed by atoms with Gasteiger partial charge in [0.1, 0.15) is 6.10 Å². The van der Waals surface area contributed by atoms with Crippen molar-refractivity contribution in [1.82, 2.24) is 5.32 Å². The van der Waals surface area contributed by atoms with Crippen LogP contribution >= 0.6 is 0 Å². The molecule has 252 valence electrons. The average molecular weight is 629 g/mol. The van der Waals surface area contributed by atoms with E-state index in [2.05, 4.69) is 12.2 Å². The summed E-state index contributed by atoms with van der Waals surface area (Å²) >= 11 is 0. The lowest BCUT2D eigenvalue weighted by atomic mass is 9.79. The number of aliphatic hydroxyl groups is 3. The van der Waals surface area contributed by atoms with E-state index in [1.807, 2.05) is 6.92 Å². The second kappa shape index (κ2) is 19.4. The fourth-order valence-corrected chi connectivity index (χ4v) is 5.94. The molecule has 0 unspecified atom stereocenters. The smallest absolute Gasteiger partial charge is 0.303 e. The van der Waals surface area contributed by atoms with E-state index >= 15 is 0 Å². The molecule has 0 aromatic carbocycles. The molecular weight excluding hydrogens is 574 g/mol. The number of ether oxygens (including phenoxy) is 1. The molecule has 9 heteroatoms. The van der Waals surface area contributed by atoms with E-state index in [-0.39, 0.29) is 50.0 Å². The fourth-order valence-electron chi connectivity index (χ4n) is 5.94. The summed E-state index contributed by atoms with van der Waals surface area (Å²) in [5, 5.41) is 34.3. The normalized spacial score (nSPS) is 30.2. The van der Waals surface area contributed by atoms with Crippen LogP contribution in [0.4, 0.5) is 0 Å². The van der Waals surface area contributed by atoms with E-state index in [0.717, 1.165) is 25.7 Å². The number of unbranched alkanes of at least 4 members (excludes halogenated alkanes) is 3. The van der Waals surface area contributed by atoms with Crippen molar-refractivity contribution in [2.45, 2.75) is 98.7 Å². The molecule has 0 fully saturated rings. The maximum Gasteiger partial charge on any atom is 0.303 e. The van der Waals surface area contributed by atoms with Gasteiger partial charge in [-0.3, -0.25) is 19.2 Å². The average Bonchev–Trinajstić information content (AvgIpc) is 2.97. The van der Waals surface area contributed by atoms with Gasteiger partial charge in [0, 0.05) is 54.1 Å². The monoisotopic (exact) mass is 628 g/mol. The van der Waals surface area contributed by atoms with Crippen LogP contribution in [0.25, 0.3) is 0 Å². The summed E-state index contributed by atoms with van der Waals surface area (Å²) in [6.07, 6.45) is 10.8. The molecule has 2 rings (SSSR count). The van der Waals surface area contributed by atoms with Crippen molar-refractivity contribution in [3.8, 4) is 0 Å². The summed E-state index contributed by atoms with van der Waals surface area (Å²) in [6.45, 7) is 9.77. The number of carbonyl (C=O) groups excluding carboxylic acids is 4. The number of amides is 1. The number of aliphatic hydroxyl groups excluding tert-OH is 3. The molecule has 1 aliphatic carbocycles. The van der Waals surface area contributed by atoms with Gasteiger partial charge in [0.25, 0.3) is 5.91 Å². The zero-order valence-corrected chi connectivity index (χ0v) is 28.1. The molecule has 1 heterocycles. The molecular formula is C36H54NO8-. The van der Waals surface area contributed by atoms with Gasteiger partial charge in [0.05, 0.1) is 18.4 Å². The Morgan fingerprint density at radius 3 is 2.36 bits per heavy atom. The number of fused-ring (bicyclic) bond motifs is 2. The Balaban J connectivity index is 0.0000101. The summed E-state index contributed by atoms with van der Waals surface area (Å²) in [4.78, 5) is 52.0. The molecule has 0 saturated carbocycles. The van der Waals surface area contributed by atoms with E-state index in [1.54, 1.807) is 39.0 Å². The number of nitrogens with one attached hydrogen (secondary N) is 1. The van der Waals surface area contributed by atoms with Crippen molar-refractivity contribution < 1.29 is 39.2 Å². The van der Waals surface area contributed by atoms with Crippen LogP contribution in [0.3, 0.4) is 0 Å². The highest BCUT2D eigenvalue weighted by molar-refractivity contribution is 6.23. The van der Waals surface area contributed by atoms with Gasteiger partial charge in [-0.1, -0.05) is 64.3 Å². The predicted molar refractivity (Wildman–Crippen MR) is 175 cm³/mol. The van der Waals surface area contributed by atoms with Gasteiger partial charge in [-0.15, -0.1) is 0 Å². The Bertz CT molecular complexity index is 1210. The molecule has 0 aromatic heterocycles. The van der Waals surface area contributed by atoms with Crippen LogP contribution in [0.1, 0.15) is 86.5 Å². The molecule has 2 bridgehead atoms. The van der Waals surface area contributed by atoms with Gasteiger partial charge in [-0.25, -0.2) is 0 Å². The third kappa shape index (κ3) is 11.6. The molecule has 1 aliphatic heterocycles. The number of hydrogen-bond donors (Lipinski definition) is 4. The SMILES string of the molecule is CCCCCCC1=C2C[C@@H](C)C[C@H](CO)[C@H](O)[C@@H](C)/C=C(\C)[C@H](OC(C)=O)[C@@H](CO)/C=C\C=C(/C)C(=O)NC(=CC1=O)C2=O.[CH3-]. The van der Waals surface area contributed by atoms with E-state index in [0.29, 0.717) is 29.6 Å². The van der Waals surface area contributed by atoms with Crippen molar-refractivity contribution in [3.05, 3.63) is 65.8 Å². The maximum atomic E-state index is 13.7. The zero-order valence-electron chi connectivity index (χ0n) is 28.1. The molecule has 0 spiro atoms. The number of hydrogen-bond acceptors (Lipinski definition) is 8. The third-order valence-corrected chi connectivity index (χ3v) is 8.43. The number of rotatable bonds is 8. The topological polar surface area (TPSA) is 150 Å². The van der Waals surface area contributed by atoms with E-state index < -0.39 is 47.6 Å². The van der Waals surface area contributed by atoms with Crippen molar-refractivity contribution in [1.29, 1.82) is 0 Å². The predicted octanol–water partition coefficient (Wildman–Crippen LogP) is 4.88. The second-order valence-corrected chi connectivity index (χ2v) is 12.3. The Labute approximate surface area is 269 Å². The first kappa shape index (κ1) is 39.9. The van der Waals surface area contributed by atoms with Gasteiger partial charge in [-0.05, 0) is 51.0 Å². The standard InChI is InChI=1S/C35H51NO8.CH3/c1-7-8-9-10-14-28-29-16-21(2)15-27(20-38)32(41)23(4)17-24(5)34(44-25(6)39)26(19-37)13-11-12-22(3)35(43)36-30(33(29)42)18-31(28)40;/h11-13,17-18,21,23,26-27,32,34,37-38,41H,7-10,14-16,19-20H2,1-6H3,(H,36,43);1H3/q;-1/b13-11-,22-12+,24-17+;/t21-,23-,26+,27+,32+,34-;/m0./s1. The molecule has 2 aliphatic rings. The zero-order chi connectivity index (χ0) is 33.0. The van der Waals surface area contributed by atoms with Crippen LogP contribution < -0.4 is 5.32 Å². The van der Waals surface area contributed by atoms with Gasteiger partial charge < -0.3 is 32.8 Å². The molecule has 0 aromatic rings. The van der Waals surface area contributed by atoms with Gasteiger partial charge in [0.15, 0.2) is 5.78 Å². The van der Waals surface area contributed by atoms with Crippen molar-refractivity contribution >= 4 is 23.4 Å². The summed E-state index contributed by atoms with van der Waals surface area (Å²) < 4.78 is 5.56. The first-order valence-electron chi connectivity index (χ1n) is 15.8. The number of esters is 1. The highest BCUT2D eigenvalue weighted by atomic mass is 16.5. The van der Waals surface area contributed by atoms with Crippen LogP contribution in [-0.2, 0) is 23.9 Å². The van der Waals surface area contributed by atoms with E-state index in [1.165, 1.54) is 19.1 Å². The largest absolute Gasteiger partial charge is 0.457 e. The lowest BCUT2D eigenvalue weighted by Gasteiger charge is -2.30. The highest BCUT2D eigenvalue weighted by Crippen LogP contribution is 2.32. The second-order valence-electron chi connectivity index (χ2n) is 12.3. The summed E-state index contributed by atoms with van der Waals surface area (Å²) in [7, 11) is 0. The lowest BCUT2D eigenvalue weighted by Crippen LogP contribution is -2.34. The molecule has 9 nitrogen and oxygen atoms in total. The molecule has 0 saturated heterocycles. The number of ketones is 2. The molecule has 4 N–H and O–H groups in total. The Morgan fingerprint density at radius 2 is 1.76 bits per heavy atom.